The van der Waals surface area contributed by atoms with Gasteiger partial charge >= 0.3 is 5.69 Å². The molecule has 0 saturated heterocycles. The molecule has 0 spiro atoms. The zero-order valence-corrected chi connectivity index (χ0v) is 17.8. The summed E-state index contributed by atoms with van der Waals surface area (Å²) in [7, 11) is 1.62. The summed E-state index contributed by atoms with van der Waals surface area (Å²) in [6, 6.07) is 9.79. The molecule has 164 valence electrons. The normalized spacial score (nSPS) is 12.1. The van der Waals surface area contributed by atoms with Crippen LogP contribution in [-0.2, 0) is 12.8 Å². The van der Waals surface area contributed by atoms with Gasteiger partial charge in [-0.1, -0.05) is 18.6 Å². The fourth-order valence-electron chi connectivity index (χ4n) is 3.26. The molecular weight excluding hydrogens is 389 g/mol. The number of unbranched alkanes of at least 4 members (excludes halogenated alkanes) is 1. The number of aryl methyl sites for hydroxylation is 2. The predicted molar refractivity (Wildman–Crippen MR) is 114 cm³/mol. The van der Waals surface area contributed by atoms with Crippen LogP contribution in [0.1, 0.15) is 50.7 Å². The summed E-state index contributed by atoms with van der Waals surface area (Å²) in [5.74, 6) is 0.604. The quantitative estimate of drug-likeness (QED) is 0.289. The second kappa shape index (κ2) is 11.5. The third-order valence-electron chi connectivity index (χ3n) is 4.82. The summed E-state index contributed by atoms with van der Waals surface area (Å²) < 4.78 is 24.5. The molecule has 2 rings (SSSR count). The summed E-state index contributed by atoms with van der Waals surface area (Å²) in [6.45, 7) is 3.94. The monoisotopic (exact) mass is 419 g/mol. The second-order valence-electron chi connectivity index (χ2n) is 7.63. The molecule has 0 fully saturated rings. The van der Waals surface area contributed by atoms with E-state index in [1.807, 2.05) is 32.0 Å². The van der Waals surface area contributed by atoms with Gasteiger partial charge in [-0.3, -0.25) is 10.1 Å². The lowest BCUT2D eigenvalue weighted by molar-refractivity contribution is -0.387. The van der Waals surface area contributed by atoms with E-state index in [1.54, 1.807) is 7.11 Å². The Morgan fingerprint density at radius 3 is 2.40 bits per heavy atom. The highest BCUT2D eigenvalue weighted by Crippen LogP contribution is 2.29. The van der Waals surface area contributed by atoms with Crippen molar-refractivity contribution in [2.75, 3.05) is 7.11 Å². The first kappa shape index (κ1) is 23.6. The van der Waals surface area contributed by atoms with Crippen LogP contribution in [0.25, 0.3) is 0 Å². The van der Waals surface area contributed by atoms with Crippen molar-refractivity contribution in [2.24, 2.45) is 0 Å². The van der Waals surface area contributed by atoms with Crippen molar-refractivity contribution in [3.63, 3.8) is 0 Å². The Labute approximate surface area is 176 Å². The van der Waals surface area contributed by atoms with Crippen molar-refractivity contribution in [1.29, 1.82) is 0 Å². The van der Waals surface area contributed by atoms with Gasteiger partial charge in [-0.15, -0.1) is 0 Å². The maximum atomic E-state index is 13.4. The number of rotatable bonds is 12. The summed E-state index contributed by atoms with van der Waals surface area (Å²) in [4.78, 5) is 10.1. The van der Waals surface area contributed by atoms with Gasteiger partial charge < -0.3 is 14.6 Å². The van der Waals surface area contributed by atoms with Gasteiger partial charge in [-0.2, -0.15) is 4.39 Å². The number of hydrogen-bond donors (Lipinski definition) is 1. The molecule has 0 aliphatic rings. The maximum absolute atomic E-state index is 13.4. The predicted octanol–water partition coefficient (Wildman–Crippen LogP) is 5.24. The molecule has 0 radical (unpaired) electrons. The lowest BCUT2D eigenvalue weighted by atomic mass is 10.0. The zero-order valence-electron chi connectivity index (χ0n) is 17.8. The topological polar surface area (TPSA) is 81.8 Å². The molecule has 6 nitrogen and oxygen atoms in total. The number of aliphatic hydroxyl groups excluding tert-OH is 1. The SMILES string of the molecule is COc1ccc(CCCCC(O)CCc2ccc(F)c([N+](=O)[O-])c2)cc1OC(C)C. The van der Waals surface area contributed by atoms with Gasteiger partial charge in [-0.25, -0.2) is 0 Å². The smallest absolute Gasteiger partial charge is 0.305 e. The van der Waals surface area contributed by atoms with E-state index < -0.39 is 22.5 Å². The fraction of sp³-hybridized carbons (Fsp3) is 0.478. The summed E-state index contributed by atoms with van der Waals surface area (Å²) in [5, 5.41) is 21.0. The first-order chi connectivity index (χ1) is 14.3. The van der Waals surface area contributed by atoms with Gasteiger partial charge in [0.25, 0.3) is 0 Å². The molecule has 0 heterocycles. The Hall–Kier alpha value is -2.67. The zero-order chi connectivity index (χ0) is 22.1. The van der Waals surface area contributed by atoms with Crippen molar-refractivity contribution >= 4 is 5.69 Å². The molecule has 30 heavy (non-hydrogen) atoms. The van der Waals surface area contributed by atoms with Crippen LogP contribution in [0.15, 0.2) is 36.4 Å². The lowest BCUT2D eigenvalue weighted by Crippen LogP contribution is -2.08. The summed E-state index contributed by atoms with van der Waals surface area (Å²) in [6.07, 6.45) is 3.82. The molecule has 1 unspecified atom stereocenters. The molecule has 0 aliphatic heterocycles. The first-order valence-corrected chi connectivity index (χ1v) is 10.2. The molecule has 2 aromatic carbocycles. The molecule has 1 atom stereocenters. The number of nitrogens with zero attached hydrogens (tertiary/aromatic N) is 1. The minimum atomic E-state index is -0.843. The largest absolute Gasteiger partial charge is 0.493 e. The van der Waals surface area contributed by atoms with Crippen LogP contribution in [-0.4, -0.2) is 29.3 Å². The van der Waals surface area contributed by atoms with Crippen LogP contribution in [0.4, 0.5) is 10.1 Å². The van der Waals surface area contributed by atoms with Gasteiger partial charge in [0.1, 0.15) is 0 Å². The van der Waals surface area contributed by atoms with Crippen LogP contribution in [0.5, 0.6) is 11.5 Å². The van der Waals surface area contributed by atoms with Gasteiger partial charge in [0.2, 0.25) is 5.82 Å². The van der Waals surface area contributed by atoms with Gasteiger partial charge in [-0.05, 0) is 75.3 Å². The van der Waals surface area contributed by atoms with E-state index in [-0.39, 0.29) is 6.10 Å². The Balaban J connectivity index is 1.77. The van der Waals surface area contributed by atoms with E-state index in [1.165, 1.54) is 12.1 Å². The highest BCUT2D eigenvalue weighted by atomic mass is 19.1. The Morgan fingerprint density at radius 2 is 1.73 bits per heavy atom. The first-order valence-electron chi connectivity index (χ1n) is 10.2. The number of nitro benzene ring substituents is 1. The van der Waals surface area contributed by atoms with Gasteiger partial charge in [0, 0.05) is 6.07 Å². The highest BCUT2D eigenvalue weighted by Gasteiger charge is 2.15. The average molecular weight is 419 g/mol. The van der Waals surface area contributed by atoms with Crippen LogP contribution >= 0.6 is 0 Å². The third kappa shape index (κ3) is 7.30. The van der Waals surface area contributed by atoms with Gasteiger partial charge in [0.15, 0.2) is 11.5 Å². The third-order valence-corrected chi connectivity index (χ3v) is 4.82. The maximum Gasteiger partial charge on any atom is 0.305 e. The molecular formula is C23H30FNO5. The van der Waals surface area contributed by atoms with E-state index >= 15 is 0 Å². The molecule has 0 aliphatic carbocycles. The van der Waals surface area contributed by atoms with Crippen LogP contribution in [0.3, 0.4) is 0 Å². The molecule has 0 saturated carbocycles. The number of hydrogen-bond acceptors (Lipinski definition) is 5. The fourth-order valence-corrected chi connectivity index (χ4v) is 3.26. The Kier molecular flexibility index (Phi) is 9.05. The molecule has 0 amide bonds. The Morgan fingerprint density at radius 1 is 1.03 bits per heavy atom. The van der Waals surface area contributed by atoms with E-state index in [4.69, 9.17) is 9.47 Å². The number of ether oxygens (including phenoxy) is 2. The van der Waals surface area contributed by atoms with Crippen molar-refractivity contribution in [1.82, 2.24) is 0 Å². The van der Waals surface area contributed by atoms with E-state index in [9.17, 15) is 19.6 Å². The standard InChI is InChI=1S/C23H30FNO5/c1-16(2)30-23-15-17(10-13-22(23)29-3)6-4-5-7-19(26)11-8-18-9-12-20(24)21(14-18)25(27)28/h9-10,12-16,19,26H,4-8,11H2,1-3H3. The lowest BCUT2D eigenvalue weighted by Gasteiger charge is -2.15. The number of halogens is 1. The Bertz CT molecular complexity index is 840. The van der Waals surface area contributed by atoms with E-state index in [0.717, 1.165) is 36.6 Å². The number of aliphatic hydroxyl groups is 1. The van der Waals surface area contributed by atoms with E-state index in [0.29, 0.717) is 30.6 Å². The minimum absolute atomic E-state index is 0.0619. The number of nitro groups is 1. The van der Waals surface area contributed by atoms with Gasteiger partial charge in [0.05, 0.1) is 24.2 Å². The average Bonchev–Trinajstić information content (AvgIpc) is 2.70. The molecule has 0 aromatic heterocycles. The number of methoxy groups -OCH3 is 1. The van der Waals surface area contributed by atoms with Crippen LogP contribution in [0, 0.1) is 15.9 Å². The van der Waals surface area contributed by atoms with E-state index in [2.05, 4.69) is 0 Å². The van der Waals surface area contributed by atoms with Crippen molar-refractivity contribution in [3.8, 4) is 11.5 Å². The van der Waals surface area contributed by atoms with Crippen molar-refractivity contribution < 1.29 is 23.9 Å². The number of benzene rings is 2. The molecule has 1 N–H and O–H groups in total. The van der Waals surface area contributed by atoms with Crippen molar-refractivity contribution in [2.45, 2.75) is 64.6 Å². The van der Waals surface area contributed by atoms with Crippen LogP contribution in [0.2, 0.25) is 0 Å². The second-order valence-corrected chi connectivity index (χ2v) is 7.63. The molecule has 7 heteroatoms. The highest BCUT2D eigenvalue weighted by molar-refractivity contribution is 5.43. The van der Waals surface area contributed by atoms with Crippen LogP contribution < -0.4 is 9.47 Å². The summed E-state index contributed by atoms with van der Waals surface area (Å²) >= 11 is 0. The molecule has 0 bridgehead atoms. The van der Waals surface area contributed by atoms with Crippen molar-refractivity contribution in [3.05, 3.63) is 63.5 Å². The minimum Gasteiger partial charge on any atom is -0.493 e. The summed E-state index contributed by atoms with van der Waals surface area (Å²) in [5.41, 5.74) is 1.28. The molecule has 2 aromatic rings.